The lowest BCUT2D eigenvalue weighted by Gasteiger charge is -2.41. The molecule has 4 aromatic rings. The first kappa shape index (κ1) is 93.6. The summed E-state index contributed by atoms with van der Waals surface area (Å²) >= 11 is 0. The molecule has 2 aliphatic carbocycles. The third-order valence-electron chi connectivity index (χ3n) is 16.0. The molecule has 0 heterocycles. The van der Waals surface area contributed by atoms with E-state index in [0.717, 1.165) is 54.1 Å². The second kappa shape index (κ2) is 53.5. The average molecular weight is 1390 g/mol. The smallest absolute Gasteiger partial charge is 0.253 e. The fourth-order valence-corrected chi connectivity index (χ4v) is 10.7. The van der Waals surface area contributed by atoms with E-state index in [-0.39, 0.29) is 59.3 Å². The van der Waals surface area contributed by atoms with Gasteiger partial charge in [0.05, 0.1) is 0 Å². The number of nitrogens with zero attached hydrogens (tertiary/aromatic N) is 8. The van der Waals surface area contributed by atoms with E-state index in [0.29, 0.717) is 35.0 Å². The highest BCUT2D eigenvalue weighted by Gasteiger charge is 2.31. The molecular weight excluding hydrogens is 1260 g/mol. The molecule has 0 unspecified atom stereocenters. The van der Waals surface area contributed by atoms with Crippen molar-refractivity contribution in [2.24, 2.45) is 11.8 Å². The summed E-state index contributed by atoms with van der Waals surface area (Å²) in [6.45, 7) is 55.2. The predicted molar refractivity (Wildman–Crippen MR) is 426 cm³/mol. The van der Waals surface area contributed by atoms with Gasteiger partial charge in [-0.1, -0.05) is 198 Å². The van der Waals surface area contributed by atoms with Crippen LogP contribution < -0.4 is 4.90 Å². The van der Waals surface area contributed by atoms with E-state index in [1.165, 1.54) is 118 Å². The van der Waals surface area contributed by atoms with Gasteiger partial charge in [-0.05, 0) is 163 Å². The zero-order valence-electron chi connectivity index (χ0n) is 64.8. The van der Waals surface area contributed by atoms with Crippen LogP contribution in [0.1, 0.15) is 195 Å². The van der Waals surface area contributed by atoms with Crippen LogP contribution in [-0.4, -0.2) is 167 Å². The van der Waals surface area contributed by atoms with Gasteiger partial charge in [-0.15, -0.1) is 0 Å². The second-order valence-corrected chi connectivity index (χ2v) is 25.9. The first-order valence-corrected chi connectivity index (χ1v) is 35.3. The van der Waals surface area contributed by atoms with Crippen LogP contribution in [0.2, 0.25) is 0 Å². The molecule has 0 N–H and O–H groups in total. The molecule has 8 amide bonds. The van der Waals surface area contributed by atoms with Crippen molar-refractivity contribution >= 4 is 71.2 Å². The number of carbonyl (C=O) groups is 8. The Bertz CT molecular complexity index is 3130. The Morgan fingerprint density at radius 2 is 0.832 bits per heavy atom. The molecule has 101 heavy (non-hydrogen) atoms. The molecule has 2 fully saturated rings. The maximum absolute atomic E-state index is 12.1. The fraction of sp³-hybridized carbons (Fsp3) is 0.435. The van der Waals surface area contributed by atoms with Crippen molar-refractivity contribution in [3.63, 3.8) is 0 Å². The van der Waals surface area contributed by atoms with Crippen LogP contribution in [0.4, 0.5) is 5.69 Å². The topological polar surface area (TPSA) is 162 Å². The Morgan fingerprint density at radius 3 is 1.13 bits per heavy atom. The van der Waals surface area contributed by atoms with Gasteiger partial charge in [-0.2, -0.15) is 0 Å². The largest absolute Gasteiger partial charge is 0.345 e. The number of benzene rings is 4. The van der Waals surface area contributed by atoms with Crippen LogP contribution in [0, 0.1) is 11.8 Å². The Balaban J connectivity index is 0. The van der Waals surface area contributed by atoms with Gasteiger partial charge in [0.1, 0.15) is 0 Å². The Kier molecular flexibility index (Phi) is 49.6. The summed E-state index contributed by atoms with van der Waals surface area (Å²) in [5.74, 6) is 1.36. The van der Waals surface area contributed by atoms with Crippen molar-refractivity contribution in [3.05, 3.63) is 220 Å². The predicted octanol–water partition coefficient (Wildman–Crippen LogP) is 17.5. The number of carbonyl (C=O) groups excluding carboxylic acids is 8. The molecule has 0 aromatic heterocycles. The van der Waals surface area contributed by atoms with E-state index in [4.69, 9.17) is 0 Å². The van der Waals surface area contributed by atoms with Crippen LogP contribution >= 0.6 is 0 Å². The highest BCUT2D eigenvalue weighted by Crippen LogP contribution is 2.30. The number of anilines is 1. The van der Waals surface area contributed by atoms with Gasteiger partial charge in [-0.25, -0.2) is 0 Å². The summed E-state index contributed by atoms with van der Waals surface area (Å²) in [6.07, 6.45) is 25.1. The van der Waals surface area contributed by atoms with Crippen LogP contribution in [0.3, 0.4) is 0 Å². The van der Waals surface area contributed by atoms with Crippen LogP contribution in [0.15, 0.2) is 186 Å². The van der Waals surface area contributed by atoms with Gasteiger partial charge in [0.2, 0.25) is 29.5 Å². The average Bonchev–Trinajstić information content (AvgIpc) is 0.849. The summed E-state index contributed by atoms with van der Waals surface area (Å²) in [6, 6.07) is 33.2. The lowest BCUT2D eigenvalue weighted by Crippen LogP contribution is -2.48. The third kappa shape index (κ3) is 37.5. The summed E-state index contributed by atoms with van der Waals surface area (Å²) in [4.78, 5) is 105. The van der Waals surface area contributed by atoms with Crippen molar-refractivity contribution in [1.82, 2.24) is 34.3 Å². The lowest BCUT2D eigenvalue weighted by molar-refractivity contribution is -0.132. The Labute approximate surface area is 610 Å². The van der Waals surface area contributed by atoms with Crippen molar-refractivity contribution in [1.29, 1.82) is 0 Å². The van der Waals surface area contributed by atoms with E-state index < -0.39 is 0 Å². The number of amides is 8. The van der Waals surface area contributed by atoms with E-state index >= 15 is 0 Å². The Hall–Kier alpha value is -9.44. The molecule has 0 atom stereocenters. The Morgan fingerprint density at radius 1 is 0.436 bits per heavy atom. The number of para-hydroxylation sites is 1. The van der Waals surface area contributed by atoms with Crippen molar-refractivity contribution in [2.75, 3.05) is 66.3 Å². The summed E-state index contributed by atoms with van der Waals surface area (Å²) in [7, 11) is 8.62. The van der Waals surface area contributed by atoms with Crippen LogP contribution in [0.5, 0.6) is 0 Å². The molecule has 2 aliphatic rings. The molecule has 554 valence electrons. The van der Waals surface area contributed by atoms with E-state index in [9.17, 15) is 38.4 Å². The second-order valence-electron chi connectivity index (χ2n) is 25.9. The first-order valence-electron chi connectivity index (χ1n) is 35.3. The maximum Gasteiger partial charge on any atom is 0.253 e. The van der Waals surface area contributed by atoms with Crippen molar-refractivity contribution < 1.29 is 38.4 Å². The van der Waals surface area contributed by atoms with Crippen molar-refractivity contribution in [2.45, 2.75) is 171 Å². The molecular formula is C85H126N8O8. The molecule has 0 radical (unpaired) electrons. The molecule has 0 spiro atoms. The summed E-state index contributed by atoms with van der Waals surface area (Å²) < 4.78 is 0. The van der Waals surface area contributed by atoms with Crippen LogP contribution in [-0.2, 0) is 24.0 Å². The standard InChI is InChI=1S/C15H25NO.C13H17NO.2C11H13NO.C11H21NO.C10H11NO.C9H17NO.C5H9NO/c1-2-15(17)16(13-9-5-3-6-10-13)14-11-7-4-8-12-14;1-4-11-7-9-12(10-8-11)13(15)14(5-2)6-3;1-4-9-5-7-10(8-6-9)11(13)12(2)3;1-4-9-7-5-6-8-10(9)11(13)12(2)3;1-6-11(13)12(7-9(2)3)8-10(4)5;1-3-11(9(2)12)10-7-5-4-6-8-10;1-6-9(11)10(7(2)3)8(4)5;1-4-6(3)5(2)7/h2,13-14H,1,3-12H2;4,7-10H,1,5-6H2,2-3H3;2*4-8H,1H2,2-3H3;6,9-10H,1,7-8H2,2-5H3;3-8H,1H2,2H3;6-8H,1H2,2-5H3;4H,1H2,2-3H3. The normalized spacial score (nSPS) is 11.9. The number of hydrogen-bond donors (Lipinski definition) is 0. The SMILES string of the molecule is C=CC(=O)N(C(C)C)C(C)C.C=CC(=O)N(C1CCCCC1)C1CCCCC1.C=CC(=O)N(CC(C)C)CC(C)C.C=CN(C(C)=O)c1ccccc1.C=CN(C)C(C)=O.C=Cc1ccc(C(=O)N(C)C)cc1.C=Cc1ccc(C(=O)N(CC)CC)cc1.C=Cc1ccccc1C(=O)N(C)C. The zero-order valence-corrected chi connectivity index (χ0v) is 64.8. The van der Waals surface area contributed by atoms with Gasteiger partial charge in [0.25, 0.3) is 17.7 Å². The number of hydrogen-bond acceptors (Lipinski definition) is 8. The first-order chi connectivity index (χ1) is 47.8. The molecule has 6 rings (SSSR count). The zero-order chi connectivity index (χ0) is 77.3. The fourth-order valence-electron chi connectivity index (χ4n) is 10.7. The summed E-state index contributed by atoms with van der Waals surface area (Å²) in [5.41, 5.74) is 5.92. The van der Waals surface area contributed by atoms with Gasteiger partial charge >= 0.3 is 0 Å². The van der Waals surface area contributed by atoms with E-state index in [2.05, 4.69) is 85.2 Å². The van der Waals surface area contributed by atoms with Crippen molar-refractivity contribution in [3.8, 4) is 0 Å². The third-order valence-corrected chi connectivity index (χ3v) is 16.0. The van der Waals surface area contributed by atoms with Gasteiger partial charge in [0, 0.05) is 128 Å². The minimum Gasteiger partial charge on any atom is -0.345 e. The number of rotatable bonds is 22. The quantitative estimate of drug-likeness (QED) is 0.0702. The minimum atomic E-state index is -0.0313. The summed E-state index contributed by atoms with van der Waals surface area (Å²) in [5, 5.41) is 0. The van der Waals surface area contributed by atoms with Gasteiger partial charge < -0.3 is 34.3 Å². The van der Waals surface area contributed by atoms with Gasteiger partial charge in [0.15, 0.2) is 0 Å². The van der Waals surface area contributed by atoms with E-state index in [1.54, 1.807) is 86.4 Å². The van der Waals surface area contributed by atoms with Crippen LogP contribution in [0.25, 0.3) is 18.2 Å². The molecule has 0 aliphatic heterocycles. The highest BCUT2D eigenvalue weighted by atomic mass is 16.2. The molecule has 2 saturated carbocycles. The molecule has 16 heteroatoms. The van der Waals surface area contributed by atoms with E-state index in [1.807, 2.05) is 136 Å². The lowest BCUT2D eigenvalue weighted by atomic mass is 9.88. The monoisotopic (exact) mass is 1390 g/mol. The minimum absolute atomic E-state index is 0.00926. The highest BCUT2D eigenvalue weighted by molar-refractivity contribution is 5.98. The molecule has 4 aromatic carbocycles. The molecule has 16 nitrogen and oxygen atoms in total. The maximum atomic E-state index is 12.1. The van der Waals surface area contributed by atoms with Gasteiger partial charge in [-0.3, -0.25) is 43.3 Å². The molecule has 0 bridgehead atoms. The molecule has 0 saturated heterocycles.